The van der Waals surface area contributed by atoms with Crippen LogP contribution in [0.1, 0.15) is 55.1 Å². The van der Waals surface area contributed by atoms with E-state index in [0.717, 1.165) is 22.7 Å². The van der Waals surface area contributed by atoms with E-state index in [4.69, 9.17) is 4.74 Å². The summed E-state index contributed by atoms with van der Waals surface area (Å²) < 4.78 is 46.3. The summed E-state index contributed by atoms with van der Waals surface area (Å²) in [7, 11) is 3.33. The molecule has 3 aromatic rings. The molecule has 1 amide bonds. The first kappa shape index (κ1) is 23.9. The summed E-state index contributed by atoms with van der Waals surface area (Å²) >= 11 is 0. The van der Waals surface area contributed by atoms with Gasteiger partial charge in [0.15, 0.2) is 5.82 Å². The van der Waals surface area contributed by atoms with Crippen molar-refractivity contribution in [2.75, 3.05) is 31.0 Å². The first-order valence-electron chi connectivity index (χ1n) is 11.0. The molecule has 0 aliphatic carbocycles. The molecule has 1 aliphatic rings. The van der Waals surface area contributed by atoms with Gasteiger partial charge in [0.05, 0.1) is 22.7 Å². The van der Waals surface area contributed by atoms with Gasteiger partial charge in [-0.3, -0.25) is 4.79 Å². The summed E-state index contributed by atoms with van der Waals surface area (Å²) in [5.74, 6) is -0.590. The monoisotopic (exact) mass is 472 g/mol. The Balaban J connectivity index is 1.79. The summed E-state index contributed by atoms with van der Waals surface area (Å²) in [4.78, 5) is 14.8. The average molecular weight is 473 g/mol. The summed E-state index contributed by atoms with van der Waals surface area (Å²) in [6.07, 6.45) is -2.37. The number of hydrogen-bond donors (Lipinski definition) is 1. The highest BCUT2D eigenvalue weighted by Gasteiger charge is 2.46. The second-order valence-corrected chi connectivity index (χ2v) is 8.91. The van der Waals surface area contributed by atoms with Crippen molar-refractivity contribution in [2.45, 2.75) is 45.1 Å². The van der Waals surface area contributed by atoms with Crippen LogP contribution in [-0.4, -0.2) is 36.9 Å². The Hall–Kier alpha value is -3.20. The van der Waals surface area contributed by atoms with E-state index in [1.54, 1.807) is 26.0 Å². The molecule has 2 aromatic carbocycles. The first-order chi connectivity index (χ1) is 16.1. The molecule has 1 aliphatic heterocycles. The Morgan fingerprint density at radius 1 is 1.18 bits per heavy atom. The number of nitrogens with one attached hydrogen (secondary N) is 1. The van der Waals surface area contributed by atoms with E-state index in [-0.39, 0.29) is 11.5 Å². The molecule has 1 aromatic heterocycles. The Morgan fingerprint density at radius 3 is 2.56 bits per heavy atom. The molecule has 0 spiro atoms. The molecule has 1 N–H and O–H groups in total. The minimum Gasteiger partial charge on any atom is -0.385 e. The van der Waals surface area contributed by atoms with Crippen LogP contribution in [0.4, 0.5) is 24.7 Å². The van der Waals surface area contributed by atoms with E-state index in [2.05, 4.69) is 15.5 Å². The van der Waals surface area contributed by atoms with Gasteiger partial charge in [0, 0.05) is 42.8 Å². The fraction of sp³-hybridized carbons (Fsp3) is 0.400. The smallest absolute Gasteiger partial charge is 0.266 e. The molecule has 0 fully saturated rings. The lowest BCUT2D eigenvalue weighted by atomic mass is 9.80. The van der Waals surface area contributed by atoms with Crippen LogP contribution in [0, 0.1) is 12.7 Å². The van der Waals surface area contributed by atoms with Gasteiger partial charge in [0.2, 0.25) is 5.91 Å². The standard InChI is InChI=1S/C25H27F3N4O2/c1-13(15-7-6-8-16(21(15)26)22(27)28)29-23-18-12-20-19(11-17(18)14(2)30-31-23)25(3,9-10-34-5)24(33)32(20)4/h6-8,11-13,22H,9-10H2,1-5H3,(H,29,31). The minimum atomic E-state index is -2.91. The maximum Gasteiger partial charge on any atom is 0.266 e. The van der Waals surface area contributed by atoms with E-state index < -0.39 is 29.3 Å². The molecular weight excluding hydrogens is 445 g/mol. The lowest BCUT2D eigenvalue weighted by Gasteiger charge is -2.23. The van der Waals surface area contributed by atoms with Gasteiger partial charge in [0.1, 0.15) is 5.82 Å². The third kappa shape index (κ3) is 3.77. The zero-order valence-electron chi connectivity index (χ0n) is 19.7. The molecule has 4 rings (SSSR count). The number of halogens is 3. The second kappa shape index (κ2) is 8.87. The topological polar surface area (TPSA) is 67.3 Å². The van der Waals surface area contributed by atoms with Crippen LogP contribution < -0.4 is 10.2 Å². The van der Waals surface area contributed by atoms with E-state index in [1.165, 1.54) is 12.1 Å². The van der Waals surface area contributed by atoms with Crippen LogP contribution in [0.25, 0.3) is 10.8 Å². The predicted octanol–water partition coefficient (Wildman–Crippen LogP) is 5.46. The van der Waals surface area contributed by atoms with Gasteiger partial charge in [-0.1, -0.05) is 18.2 Å². The van der Waals surface area contributed by atoms with E-state index >= 15 is 0 Å². The van der Waals surface area contributed by atoms with Gasteiger partial charge in [-0.2, -0.15) is 5.10 Å². The number of rotatable bonds is 7. The van der Waals surface area contributed by atoms with Crippen molar-refractivity contribution in [3.05, 3.63) is 58.5 Å². The first-order valence-corrected chi connectivity index (χ1v) is 11.0. The van der Waals surface area contributed by atoms with Gasteiger partial charge < -0.3 is 15.0 Å². The highest BCUT2D eigenvalue weighted by atomic mass is 19.3. The third-order valence-electron chi connectivity index (χ3n) is 6.73. The molecule has 0 saturated carbocycles. The number of likely N-dealkylation sites (N-methyl/N-ethyl adjacent to an activating group) is 1. The summed E-state index contributed by atoms with van der Waals surface area (Å²) in [5.41, 5.74) is 1.05. The number of methoxy groups -OCH3 is 1. The molecule has 0 radical (unpaired) electrons. The van der Waals surface area contributed by atoms with E-state index in [9.17, 15) is 18.0 Å². The van der Waals surface area contributed by atoms with Crippen LogP contribution in [0.2, 0.25) is 0 Å². The summed E-state index contributed by atoms with van der Waals surface area (Å²) in [6.45, 7) is 5.85. The van der Waals surface area contributed by atoms with E-state index in [0.29, 0.717) is 29.9 Å². The van der Waals surface area contributed by atoms with Crippen molar-refractivity contribution in [1.82, 2.24) is 10.2 Å². The fourth-order valence-corrected chi connectivity index (χ4v) is 4.64. The SMILES string of the molecule is COCCC1(C)C(=O)N(C)c2cc3c(NC(C)c4cccc(C(F)F)c4F)nnc(C)c3cc21. The number of aryl methyl sites for hydroxylation is 1. The minimum absolute atomic E-state index is 0.0258. The van der Waals surface area contributed by atoms with Gasteiger partial charge in [-0.15, -0.1) is 5.10 Å². The maximum absolute atomic E-state index is 14.7. The van der Waals surface area contributed by atoms with Crippen molar-refractivity contribution in [3.63, 3.8) is 0 Å². The van der Waals surface area contributed by atoms with Crippen molar-refractivity contribution in [2.24, 2.45) is 0 Å². The van der Waals surface area contributed by atoms with Gasteiger partial charge >= 0.3 is 0 Å². The van der Waals surface area contributed by atoms with Crippen LogP contribution >= 0.6 is 0 Å². The van der Waals surface area contributed by atoms with Crippen molar-refractivity contribution in [3.8, 4) is 0 Å². The number of hydrogen-bond acceptors (Lipinski definition) is 5. The summed E-state index contributed by atoms with van der Waals surface area (Å²) in [5, 5.41) is 13.1. The largest absolute Gasteiger partial charge is 0.385 e. The van der Waals surface area contributed by atoms with E-state index in [1.807, 2.05) is 26.0 Å². The highest BCUT2D eigenvalue weighted by molar-refractivity contribution is 6.11. The number of aromatic nitrogens is 2. The zero-order chi connectivity index (χ0) is 24.8. The van der Waals surface area contributed by atoms with Crippen LogP contribution in [0.5, 0.6) is 0 Å². The number of nitrogens with zero attached hydrogens (tertiary/aromatic N) is 3. The van der Waals surface area contributed by atoms with Gasteiger partial charge in [-0.05, 0) is 44.9 Å². The van der Waals surface area contributed by atoms with Crippen LogP contribution in [0.3, 0.4) is 0 Å². The number of anilines is 2. The third-order valence-corrected chi connectivity index (χ3v) is 6.73. The van der Waals surface area contributed by atoms with Crippen LogP contribution in [0.15, 0.2) is 30.3 Å². The average Bonchev–Trinajstić information content (AvgIpc) is 2.99. The quantitative estimate of drug-likeness (QED) is 0.495. The highest BCUT2D eigenvalue weighted by Crippen LogP contribution is 2.46. The number of carbonyl (C=O) groups is 1. The maximum atomic E-state index is 14.7. The Labute approximate surface area is 196 Å². The summed E-state index contributed by atoms with van der Waals surface area (Å²) in [6, 6.07) is 7.13. The normalized spacial score (nSPS) is 18.6. The van der Waals surface area contributed by atoms with Gasteiger partial charge in [0.25, 0.3) is 6.43 Å². The zero-order valence-corrected chi connectivity index (χ0v) is 19.7. The molecule has 34 heavy (non-hydrogen) atoms. The van der Waals surface area contributed by atoms with Crippen molar-refractivity contribution < 1.29 is 22.7 Å². The Morgan fingerprint density at radius 2 is 1.88 bits per heavy atom. The lowest BCUT2D eigenvalue weighted by Crippen LogP contribution is -2.36. The number of carbonyl (C=O) groups excluding carboxylic acids is 1. The van der Waals surface area contributed by atoms with Crippen molar-refractivity contribution in [1.29, 1.82) is 0 Å². The molecule has 2 atom stereocenters. The van der Waals surface area contributed by atoms with Crippen LogP contribution in [-0.2, 0) is 14.9 Å². The Bertz CT molecular complexity index is 1270. The number of amides is 1. The second-order valence-electron chi connectivity index (χ2n) is 8.91. The predicted molar refractivity (Wildman–Crippen MR) is 125 cm³/mol. The van der Waals surface area contributed by atoms with Gasteiger partial charge in [-0.25, -0.2) is 13.2 Å². The molecular formula is C25H27F3N4O2. The number of alkyl halides is 2. The molecule has 6 nitrogen and oxygen atoms in total. The molecule has 180 valence electrons. The fourth-order valence-electron chi connectivity index (χ4n) is 4.64. The number of fused-ring (bicyclic) bond motifs is 2. The lowest BCUT2D eigenvalue weighted by molar-refractivity contribution is -0.123. The number of ether oxygens (including phenoxy) is 1. The molecule has 2 unspecified atom stereocenters. The number of benzene rings is 2. The molecule has 0 bridgehead atoms. The Kier molecular flexibility index (Phi) is 6.24. The molecule has 9 heteroatoms. The molecule has 2 heterocycles. The van der Waals surface area contributed by atoms with Crippen molar-refractivity contribution >= 4 is 28.2 Å². The molecule has 0 saturated heterocycles.